The van der Waals surface area contributed by atoms with Gasteiger partial charge < -0.3 is 4.42 Å². The predicted molar refractivity (Wildman–Crippen MR) is 47.5 cm³/mol. The number of hydrogen-bond donors (Lipinski definition) is 0. The van der Waals surface area contributed by atoms with Crippen molar-refractivity contribution in [1.29, 1.82) is 0 Å². The van der Waals surface area contributed by atoms with E-state index < -0.39 is 5.82 Å². The molecule has 0 aliphatic carbocycles. The van der Waals surface area contributed by atoms with Gasteiger partial charge in [-0.2, -0.15) is 0 Å². The molecule has 4 nitrogen and oxygen atoms in total. The van der Waals surface area contributed by atoms with Crippen molar-refractivity contribution >= 4 is 0 Å². The Labute approximate surface area is 76.9 Å². The SMILES string of the molecule is CC(C)[C@H](C)[C@@H](C)c1noc(=O)o1. The molecular formula is C9H15NO3. The van der Waals surface area contributed by atoms with Crippen LogP contribution in [0.5, 0.6) is 0 Å². The molecule has 0 aromatic carbocycles. The standard InChI is InChI=1S/C9H15NO3/c1-5(2)6(3)7(4)8-10-13-9(11)12-8/h5-7H,1-4H3/t6-,7+/m0/s1. The monoisotopic (exact) mass is 185 g/mol. The van der Waals surface area contributed by atoms with Gasteiger partial charge in [-0.3, -0.25) is 4.52 Å². The van der Waals surface area contributed by atoms with Gasteiger partial charge >= 0.3 is 5.82 Å². The molecule has 0 saturated carbocycles. The summed E-state index contributed by atoms with van der Waals surface area (Å²) in [5.41, 5.74) is 0. The summed E-state index contributed by atoms with van der Waals surface area (Å²) in [5.74, 6) is 0.723. The Hall–Kier alpha value is -1.06. The minimum absolute atomic E-state index is 0.117. The third kappa shape index (κ3) is 2.20. The zero-order chi connectivity index (χ0) is 10.0. The molecule has 0 amide bonds. The summed E-state index contributed by atoms with van der Waals surface area (Å²) < 4.78 is 9.13. The minimum atomic E-state index is -0.724. The van der Waals surface area contributed by atoms with Crippen LogP contribution in [0.1, 0.15) is 39.5 Å². The molecule has 0 aliphatic rings. The molecular weight excluding hydrogens is 170 g/mol. The maximum Gasteiger partial charge on any atom is 0.542 e. The van der Waals surface area contributed by atoms with Gasteiger partial charge in [0.05, 0.1) is 0 Å². The van der Waals surface area contributed by atoms with Crippen molar-refractivity contribution in [2.24, 2.45) is 11.8 Å². The van der Waals surface area contributed by atoms with Crippen LogP contribution in [0.3, 0.4) is 0 Å². The van der Waals surface area contributed by atoms with Crippen LogP contribution in [0.25, 0.3) is 0 Å². The highest BCUT2D eigenvalue weighted by atomic mass is 16.6. The highest BCUT2D eigenvalue weighted by Crippen LogP contribution is 2.27. The summed E-state index contributed by atoms with van der Waals surface area (Å²) in [6.45, 7) is 8.33. The lowest BCUT2D eigenvalue weighted by molar-refractivity contribution is 0.306. The second kappa shape index (κ2) is 3.77. The van der Waals surface area contributed by atoms with Crippen LogP contribution in [0.2, 0.25) is 0 Å². The fraction of sp³-hybridized carbons (Fsp3) is 0.778. The Kier molecular flexibility index (Phi) is 2.90. The van der Waals surface area contributed by atoms with Crippen LogP contribution in [-0.2, 0) is 0 Å². The van der Waals surface area contributed by atoms with Gasteiger partial charge in [0.1, 0.15) is 0 Å². The Morgan fingerprint density at radius 1 is 1.23 bits per heavy atom. The first kappa shape index (κ1) is 10.0. The Morgan fingerprint density at radius 3 is 2.23 bits per heavy atom. The predicted octanol–water partition coefficient (Wildman–Crippen LogP) is 2.02. The first-order chi connectivity index (χ1) is 6.02. The van der Waals surface area contributed by atoms with Crippen molar-refractivity contribution in [3.63, 3.8) is 0 Å². The zero-order valence-corrected chi connectivity index (χ0v) is 8.40. The highest BCUT2D eigenvalue weighted by Gasteiger charge is 2.22. The topological polar surface area (TPSA) is 56.2 Å². The van der Waals surface area contributed by atoms with Crippen LogP contribution in [-0.4, -0.2) is 5.16 Å². The number of nitrogens with zero attached hydrogens (tertiary/aromatic N) is 1. The van der Waals surface area contributed by atoms with Gasteiger partial charge in [-0.1, -0.05) is 27.7 Å². The summed E-state index contributed by atoms with van der Waals surface area (Å²) in [5, 5.41) is 3.56. The molecule has 1 rings (SSSR count). The average molecular weight is 185 g/mol. The fourth-order valence-corrected chi connectivity index (χ4v) is 1.18. The number of hydrogen-bond acceptors (Lipinski definition) is 4. The molecule has 0 spiro atoms. The van der Waals surface area contributed by atoms with Crippen LogP contribution >= 0.6 is 0 Å². The van der Waals surface area contributed by atoms with Gasteiger partial charge in [0.25, 0.3) is 0 Å². The Morgan fingerprint density at radius 2 is 1.85 bits per heavy atom. The number of rotatable bonds is 3. The lowest BCUT2D eigenvalue weighted by atomic mass is 9.86. The van der Waals surface area contributed by atoms with E-state index in [1.807, 2.05) is 6.92 Å². The third-order valence-electron chi connectivity index (χ3n) is 2.63. The first-order valence-electron chi connectivity index (χ1n) is 4.49. The molecule has 4 heteroatoms. The molecule has 1 aromatic heterocycles. The van der Waals surface area contributed by atoms with Crippen LogP contribution in [0.4, 0.5) is 0 Å². The molecule has 13 heavy (non-hydrogen) atoms. The molecule has 0 aliphatic heterocycles. The van der Waals surface area contributed by atoms with E-state index in [1.165, 1.54) is 0 Å². The molecule has 1 aromatic rings. The maximum atomic E-state index is 10.6. The van der Waals surface area contributed by atoms with E-state index in [-0.39, 0.29) is 5.92 Å². The van der Waals surface area contributed by atoms with E-state index in [4.69, 9.17) is 4.42 Å². The van der Waals surface area contributed by atoms with Gasteiger partial charge in [0.15, 0.2) is 0 Å². The summed E-state index contributed by atoms with van der Waals surface area (Å²) in [6, 6.07) is 0. The molecule has 74 valence electrons. The van der Waals surface area contributed by atoms with E-state index in [2.05, 4.69) is 30.5 Å². The molecule has 0 fully saturated rings. The molecule has 0 unspecified atom stereocenters. The molecule has 2 atom stereocenters. The van der Waals surface area contributed by atoms with Crippen molar-refractivity contribution in [3.8, 4) is 0 Å². The van der Waals surface area contributed by atoms with E-state index in [9.17, 15) is 4.79 Å². The molecule has 0 saturated heterocycles. The molecule has 1 heterocycles. The van der Waals surface area contributed by atoms with E-state index in [0.717, 1.165) is 0 Å². The summed E-state index contributed by atoms with van der Waals surface area (Å²) >= 11 is 0. The Balaban J connectivity index is 2.78. The van der Waals surface area contributed by atoms with Crippen LogP contribution < -0.4 is 5.82 Å². The quantitative estimate of drug-likeness (QED) is 0.722. The van der Waals surface area contributed by atoms with Gasteiger partial charge in [0, 0.05) is 5.92 Å². The highest BCUT2D eigenvalue weighted by molar-refractivity contribution is 4.88. The van der Waals surface area contributed by atoms with Crippen LogP contribution in [0, 0.1) is 11.8 Å². The van der Waals surface area contributed by atoms with Crippen molar-refractivity contribution in [3.05, 3.63) is 16.5 Å². The van der Waals surface area contributed by atoms with Crippen molar-refractivity contribution in [2.75, 3.05) is 0 Å². The third-order valence-corrected chi connectivity index (χ3v) is 2.63. The van der Waals surface area contributed by atoms with Crippen LogP contribution in [0.15, 0.2) is 13.7 Å². The van der Waals surface area contributed by atoms with Gasteiger partial charge in [-0.15, -0.1) is 0 Å². The largest absolute Gasteiger partial charge is 0.542 e. The summed E-state index contributed by atoms with van der Waals surface area (Å²) in [6.07, 6.45) is 0. The molecule has 0 radical (unpaired) electrons. The summed E-state index contributed by atoms with van der Waals surface area (Å²) in [7, 11) is 0. The maximum absolute atomic E-state index is 10.6. The number of aromatic nitrogens is 1. The van der Waals surface area contributed by atoms with Crippen molar-refractivity contribution in [1.82, 2.24) is 5.16 Å². The van der Waals surface area contributed by atoms with Gasteiger partial charge in [-0.25, -0.2) is 4.79 Å². The zero-order valence-electron chi connectivity index (χ0n) is 8.40. The molecule has 0 N–H and O–H groups in total. The fourth-order valence-electron chi connectivity index (χ4n) is 1.18. The van der Waals surface area contributed by atoms with Crippen molar-refractivity contribution < 1.29 is 8.94 Å². The second-order valence-electron chi connectivity index (χ2n) is 3.76. The van der Waals surface area contributed by atoms with E-state index in [1.54, 1.807) is 0 Å². The summed E-state index contributed by atoms with van der Waals surface area (Å²) in [4.78, 5) is 10.6. The van der Waals surface area contributed by atoms with E-state index in [0.29, 0.717) is 17.7 Å². The lowest BCUT2D eigenvalue weighted by Gasteiger charge is -2.19. The second-order valence-corrected chi connectivity index (χ2v) is 3.76. The van der Waals surface area contributed by atoms with Gasteiger partial charge in [-0.05, 0) is 17.0 Å². The molecule has 0 bridgehead atoms. The van der Waals surface area contributed by atoms with Gasteiger partial charge in [0.2, 0.25) is 5.89 Å². The van der Waals surface area contributed by atoms with Crippen molar-refractivity contribution in [2.45, 2.75) is 33.6 Å². The average Bonchev–Trinajstić information content (AvgIpc) is 2.49. The Bertz CT molecular complexity index is 313. The first-order valence-corrected chi connectivity index (χ1v) is 4.49. The lowest BCUT2D eigenvalue weighted by Crippen LogP contribution is -2.12. The smallest absolute Gasteiger partial charge is 0.375 e. The van der Waals surface area contributed by atoms with E-state index >= 15 is 0 Å². The minimum Gasteiger partial charge on any atom is -0.375 e. The normalized spacial score (nSPS) is 16.1.